The summed E-state index contributed by atoms with van der Waals surface area (Å²) in [5.41, 5.74) is 1.02. The molecule has 0 amide bonds. The van der Waals surface area contributed by atoms with Crippen molar-refractivity contribution in [2.75, 3.05) is 0 Å². The van der Waals surface area contributed by atoms with Gasteiger partial charge in [0.1, 0.15) is 12.0 Å². The Bertz CT molecular complexity index is 640. The van der Waals surface area contributed by atoms with Crippen LogP contribution in [0.25, 0.3) is 0 Å². The number of rotatable bonds is 3. The Morgan fingerprint density at radius 3 is 2.58 bits per heavy atom. The molecule has 0 fully saturated rings. The first-order chi connectivity index (χ1) is 9.11. The maximum atomic E-state index is 12.0. The summed E-state index contributed by atoms with van der Waals surface area (Å²) >= 11 is 5.35. The average Bonchev–Trinajstić information content (AvgIpc) is 2.41. The van der Waals surface area contributed by atoms with Crippen LogP contribution >= 0.6 is 38.5 Å². The van der Waals surface area contributed by atoms with Crippen LogP contribution in [-0.2, 0) is 0 Å². The third-order valence-electron chi connectivity index (χ3n) is 2.39. The lowest BCUT2D eigenvalue weighted by molar-refractivity contribution is 0.0732. The highest BCUT2D eigenvalue weighted by Crippen LogP contribution is 2.26. The van der Waals surface area contributed by atoms with Gasteiger partial charge in [0.25, 0.3) is 0 Å². The molecule has 0 aliphatic heterocycles. The lowest BCUT2D eigenvalue weighted by Gasteiger charge is -2.07. The summed E-state index contributed by atoms with van der Waals surface area (Å²) in [4.78, 5) is 22.7. The second-order valence-electron chi connectivity index (χ2n) is 3.68. The van der Waals surface area contributed by atoms with E-state index in [9.17, 15) is 9.59 Å². The molecule has 2 rings (SSSR count). The van der Waals surface area contributed by atoms with Gasteiger partial charge in [-0.3, -0.25) is 4.79 Å². The number of carbonyl (C=O) groups is 2. The van der Waals surface area contributed by atoms with Gasteiger partial charge in [-0.25, -0.2) is 4.79 Å². The van der Waals surface area contributed by atoms with Gasteiger partial charge in [0.2, 0.25) is 0 Å². The predicted molar refractivity (Wildman–Crippen MR) is 83.6 cm³/mol. The first kappa shape index (κ1) is 14.2. The van der Waals surface area contributed by atoms with Crippen molar-refractivity contribution >= 4 is 50.8 Å². The van der Waals surface area contributed by atoms with Crippen LogP contribution in [0.5, 0.6) is 5.75 Å². The van der Waals surface area contributed by atoms with Gasteiger partial charge in [-0.15, -0.1) is 0 Å². The van der Waals surface area contributed by atoms with Crippen molar-refractivity contribution in [1.29, 1.82) is 0 Å². The average molecular weight is 431 g/mol. The van der Waals surface area contributed by atoms with Gasteiger partial charge >= 0.3 is 5.97 Å². The number of carbonyl (C=O) groups excluding carboxylic acids is 2. The molecule has 0 radical (unpaired) electrons. The fraction of sp³-hybridized carbons (Fsp3) is 0. The van der Waals surface area contributed by atoms with Crippen molar-refractivity contribution in [1.82, 2.24) is 0 Å². The summed E-state index contributed by atoms with van der Waals surface area (Å²) in [6, 6.07) is 12.0. The normalized spacial score (nSPS) is 10.0. The lowest BCUT2D eigenvalue weighted by Crippen LogP contribution is -2.10. The van der Waals surface area contributed by atoms with Crippen LogP contribution in [-0.4, -0.2) is 12.3 Å². The summed E-state index contributed by atoms with van der Waals surface area (Å²) in [7, 11) is 0. The van der Waals surface area contributed by atoms with E-state index in [-0.39, 0.29) is 0 Å². The van der Waals surface area contributed by atoms with Gasteiger partial charge in [0.05, 0.1) is 10.0 Å². The van der Waals surface area contributed by atoms with Crippen LogP contribution < -0.4 is 4.74 Å². The number of ether oxygens (including phenoxy) is 1. The van der Waals surface area contributed by atoms with Gasteiger partial charge in [-0.2, -0.15) is 0 Å². The third-order valence-corrected chi connectivity index (χ3v) is 3.95. The van der Waals surface area contributed by atoms with Crippen molar-refractivity contribution in [2.45, 2.75) is 0 Å². The zero-order chi connectivity index (χ0) is 13.8. The Morgan fingerprint density at radius 2 is 1.95 bits per heavy atom. The van der Waals surface area contributed by atoms with Crippen LogP contribution in [0.15, 0.2) is 46.9 Å². The molecule has 0 saturated heterocycles. The van der Waals surface area contributed by atoms with Crippen LogP contribution in [0.4, 0.5) is 0 Å². The molecule has 0 aliphatic carbocycles. The molecule has 0 unspecified atom stereocenters. The van der Waals surface area contributed by atoms with Crippen molar-refractivity contribution in [3.63, 3.8) is 0 Å². The number of hydrogen-bond donors (Lipinski definition) is 0. The van der Waals surface area contributed by atoms with Gasteiger partial charge in [0, 0.05) is 9.13 Å². The predicted octanol–water partition coefficient (Wildman–Crippen LogP) is 4.09. The first-order valence-electron chi connectivity index (χ1n) is 5.33. The Labute approximate surface area is 132 Å². The second kappa shape index (κ2) is 6.29. The highest BCUT2D eigenvalue weighted by molar-refractivity contribution is 14.1. The summed E-state index contributed by atoms with van der Waals surface area (Å²) in [5, 5.41) is 0. The number of hydrogen-bond acceptors (Lipinski definition) is 3. The van der Waals surface area contributed by atoms with Crippen molar-refractivity contribution in [3.05, 3.63) is 61.6 Å². The number of benzene rings is 2. The molecule has 0 saturated carbocycles. The fourth-order valence-electron chi connectivity index (χ4n) is 1.45. The van der Waals surface area contributed by atoms with Crippen molar-refractivity contribution in [2.24, 2.45) is 0 Å². The summed E-state index contributed by atoms with van der Waals surface area (Å²) in [6.45, 7) is 0. The standard InChI is InChI=1S/C14H8BrIO3/c15-11-7-9(8-17)5-6-13(11)19-14(18)10-3-1-2-4-12(10)16/h1-8H. The lowest BCUT2D eigenvalue weighted by atomic mass is 10.2. The highest BCUT2D eigenvalue weighted by atomic mass is 127. The van der Waals surface area contributed by atoms with E-state index in [2.05, 4.69) is 38.5 Å². The molecule has 0 atom stereocenters. The highest BCUT2D eigenvalue weighted by Gasteiger charge is 2.13. The largest absolute Gasteiger partial charge is 0.422 e. The quantitative estimate of drug-likeness (QED) is 0.319. The molecule has 0 spiro atoms. The second-order valence-corrected chi connectivity index (χ2v) is 5.69. The molecule has 0 aliphatic rings. The van der Waals surface area contributed by atoms with E-state index in [1.54, 1.807) is 30.3 Å². The smallest absolute Gasteiger partial charge is 0.344 e. The van der Waals surface area contributed by atoms with E-state index in [0.29, 0.717) is 21.3 Å². The molecular formula is C14H8BrIO3. The third kappa shape index (κ3) is 3.42. The van der Waals surface area contributed by atoms with Gasteiger partial charge < -0.3 is 4.74 Å². The molecular weight excluding hydrogens is 423 g/mol. The zero-order valence-corrected chi connectivity index (χ0v) is 13.3. The first-order valence-corrected chi connectivity index (χ1v) is 7.20. The van der Waals surface area contributed by atoms with E-state index < -0.39 is 5.97 Å². The van der Waals surface area contributed by atoms with E-state index in [0.717, 1.165) is 9.86 Å². The van der Waals surface area contributed by atoms with Crippen LogP contribution in [0.2, 0.25) is 0 Å². The van der Waals surface area contributed by atoms with Gasteiger partial charge in [-0.05, 0) is 68.9 Å². The minimum Gasteiger partial charge on any atom is -0.422 e. The fourth-order valence-corrected chi connectivity index (χ4v) is 2.54. The molecule has 5 heteroatoms. The summed E-state index contributed by atoms with van der Waals surface area (Å²) < 4.78 is 6.70. The Morgan fingerprint density at radius 1 is 1.21 bits per heavy atom. The molecule has 0 aromatic heterocycles. The molecule has 3 nitrogen and oxygen atoms in total. The van der Waals surface area contributed by atoms with E-state index in [1.165, 1.54) is 0 Å². The van der Waals surface area contributed by atoms with E-state index in [1.807, 2.05) is 12.1 Å². The van der Waals surface area contributed by atoms with E-state index in [4.69, 9.17) is 4.74 Å². The summed E-state index contributed by atoms with van der Waals surface area (Å²) in [6.07, 6.45) is 0.733. The topological polar surface area (TPSA) is 43.4 Å². The Hall–Kier alpha value is -1.21. The molecule has 0 N–H and O–H groups in total. The monoisotopic (exact) mass is 430 g/mol. The Balaban J connectivity index is 2.24. The number of esters is 1. The maximum Gasteiger partial charge on any atom is 0.344 e. The van der Waals surface area contributed by atoms with E-state index >= 15 is 0 Å². The molecule has 0 bridgehead atoms. The number of aldehydes is 1. The van der Waals surface area contributed by atoms with Crippen LogP contribution in [0.3, 0.4) is 0 Å². The summed E-state index contributed by atoms with van der Waals surface area (Å²) in [5.74, 6) is -0.0418. The van der Waals surface area contributed by atoms with Crippen LogP contribution in [0.1, 0.15) is 20.7 Å². The molecule has 0 heterocycles. The maximum absolute atomic E-state index is 12.0. The zero-order valence-electron chi connectivity index (χ0n) is 9.60. The van der Waals surface area contributed by atoms with Gasteiger partial charge in [-0.1, -0.05) is 12.1 Å². The molecule has 2 aromatic rings. The number of halogens is 2. The molecule has 19 heavy (non-hydrogen) atoms. The minimum absolute atomic E-state index is 0.384. The SMILES string of the molecule is O=Cc1ccc(OC(=O)c2ccccc2I)c(Br)c1. The minimum atomic E-state index is -0.426. The Kier molecular flexibility index (Phi) is 4.71. The molecule has 96 valence electrons. The van der Waals surface area contributed by atoms with Crippen molar-refractivity contribution in [3.8, 4) is 5.75 Å². The molecule has 2 aromatic carbocycles. The van der Waals surface area contributed by atoms with Crippen LogP contribution in [0, 0.1) is 3.57 Å². The van der Waals surface area contributed by atoms with Gasteiger partial charge in [0.15, 0.2) is 0 Å². The van der Waals surface area contributed by atoms with Crippen molar-refractivity contribution < 1.29 is 14.3 Å².